The first kappa shape index (κ1) is 18.4. The van der Waals surface area contributed by atoms with E-state index in [-0.39, 0.29) is 5.91 Å². The number of aromatic nitrogens is 2. The zero-order chi connectivity index (χ0) is 19.5. The average Bonchev–Trinajstić information content (AvgIpc) is 3.49. The van der Waals surface area contributed by atoms with Crippen LogP contribution in [0.4, 0.5) is 0 Å². The van der Waals surface area contributed by atoms with Gasteiger partial charge in [0.2, 0.25) is 0 Å². The van der Waals surface area contributed by atoms with Gasteiger partial charge in [0.05, 0.1) is 10.6 Å². The fraction of sp³-hybridized carbons (Fsp3) is 0.286. The van der Waals surface area contributed by atoms with E-state index in [1.165, 1.54) is 0 Å². The van der Waals surface area contributed by atoms with Crippen LogP contribution in [0.3, 0.4) is 0 Å². The van der Waals surface area contributed by atoms with Crippen LogP contribution in [0.15, 0.2) is 53.9 Å². The minimum atomic E-state index is -0.824. The molecule has 1 amide bonds. The molecule has 7 heteroatoms. The van der Waals surface area contributed by atoms with E-state index in [4.69, 9.17) is 4.74 Å². The van der Waals surface area contributed by atoms with Gasteiger partial charge in [0.25, 0.3) is 5.91 Å². The number of carbonyl (C=O) groups is 2. The molecule has 0 bridgehead atoms. The smallest absolute Gasteiger partial charge is 0.357 e. The van der Waals surface area contributed by atoms with Crippen molar-refractivity contribution in [2.24, 2.45) is 0 Å². The molecular weight excluding hydrogens is 374 g/mol. The zero-order valence-corrected chi connectivity index (χ0v) is 16.4. The van der Waals surface area contributed by atoms with Crippen LogP contribution in [0, 0.1) is 0 Å². The Hall–Kier alpha value is -2.93. The van der Waals surface area contributed by atoms with E-state index >= 15 is 0 Å². The maximum absolute atomic E-state index is 12.9. The lowest BCUT2D eigenvalue weighted by atomic mass is 10.3. The number of nitrogens with zero attached hydrogens (tertiary/aromatic N) is 3. The number of esters is 1. The molecule has 1 aliphatic heterocycles. The molecular formula is C21H21N3O3S. The molecule has 0 saturated carbocycles. The zero-order valence-electron chi connectivity index (χ0n) is 15.6. The van der Waals surface area contributed by atoms with Crippen LogP contribution >= 0.6 is 11.3 Å². The van der Waals surface area contributed by atoms with Crippen LogP contribution in [0.2, 0.25) is 0 Å². The summed E-state index contributed by atoms with van der Waals surface area (Å²) in [4.78, 5) is 28.1. The fourth-order valence-corrected chi connectivity index (χ4v) is 3.98. The van der Waals surface area contributed by atoms with Gasteiger partial charge in [-0.1, -0.05) is 24.3 Å². The Bertz CT molecular complexity index is 960. The van der Waals surface area contributed by atoms with Crippen LogP contribution < -0.4 is 0 Å². The highest BCUT2D eigenvalue weighted by atomic mass is 32.1. The average molecular weight is 395 g/mol. The summed E-state index contributed by atoms with van der Waals surface area (Å²) in [5, 5.41) is 6.57. The monoisotopic (exact) mass is 395 g/mol. The molecule has 6 nitrogen and oxygen atoms in total. The minimum Gasteiger partial charge on any atom is -0.448 e. The van der Waals surface area contributed by atoms with Gasteiger partial charge < -0.3 is 9.64 Å². The van der Waals surface area contributed by atoms with Crippen molar-refractivity contribution in [3.63, 3.8) is 0 Å². The standard InChI is InChI=1S/C21H21N3O3S/c1-15(20(25)23-11-5-6-12-23)27-21(26)18-14-17(19-10-7-13-28-19)22-24(18)16-8-3-2-4-9-16/h2-4,7-10,13-15H,5-6,11-12H2,1H3/t15-/m0/s1. The predicted octanol–water partition coefficient (Wildman–Crippen LogP) is 3.77. The molecule has 0 spiro atoms. The van der Waals surface area contributed by atoms with E-state index in [2.05, 4.69) is 5.10 Å². The summed E-state index contributed by atoms with van der Waals surface area (Å²) in [6.07, 6.45) is 1.17. The van der Waals surface area contributed by atoms with E-state index < -0.39 is 12.1 Å². The number of benzene rings is 1. The normalized spacial score (nSPS) is 14.8. The van der Waals surface area contributed by atoms with Gasteiger partial charge in [0, 0.05) is 19.2 Å². The van der Waals surface area contributed by atoms with Crippen molar-refractivity contribution < 1.29 is 14.3 Å². The number of amides is 1. The van der Waals surface area contributed by atoms with Gasteiger partial charge >= 0.3 is 5.97 Å². The molecule has 0 unspecified atom stereocenters. The Balaban J connectivity index is 1.62. The molecule has 0 N–H and O–H groups in total. The first-order valence-electron chi connectivity index (χ1n) is 9.32. The lowest BCUT2D eigenvalue weighted by molar-refractivity contribution is -0.138. The molecule has 0 radical (unpaired) electrons. The molecule has 3 heterocycles. The molecule has 144 valence electrons. The Morgan fingerprint density at radius 1 is 1.11 bits per heavy atom. The second-order valence-electron chi connectivity index (χ2n) is 6.72. The minimum absolute atomic E-state index is 0.143. The number of likely N-dealkylation sites (tertiary alicyclic amines) is 1. The number of thiophene rings is 1. The largest absolute Gasteiger partial charge is 0.448 e. The van der Waals surface area contributed by atoms with Gasteiger partial charge in [-0.3, -0.25) is 4.79 Å². The Morgan fingerprint density at radius 2 is 1.86 bits per heavy atom. The second-order valence-corrected chi connectivity index (χ2v) is 7.67. The van der Waals surface area contributed by atoms with Crippen LogP contribution in [0.1, 0.15) is 30.3 Å². The first-order chi connectivity index (χ1) is 13.6. The summed E-state index contributed by atoms with van der Waals surface area (Å²) in [5.41, 5.74) is 1.76. The van der Waals surface area contributed by atoms with Gasteiger partial charge in [-0.25, -0.2) is 9.48 Å². The van der Waals surface area contributed by atoms with Crippen molar-refractivity contribution in [3.05, 3.63) is 59.6 Å². The summed E-state index contributed by atoms with van der Waals surface area (Å²) < 4.78 is 7.09. The number of para-hydroxylation sites is 1. The van der Waals surface area contributed by atoms with Crippen molar-refractivity contribution in [1.82, 2.24) is 14.7 Å². The predicted molar refractivity (Wildman–Crippen MR) is 108 cm³/mol. The molecule has 1 aromatic carbocycles. The highest BCUT2D eigenvalue weighted by Gasteiger charge is 2.28. The number of ether oxygens (including phenoxy) is 1. The van der Waals surface area contributed by atoms with Crippen LogP contribution in [-0.2, 0) is 9.53 Å². The molecule has 4 rings (SSSR count). The van der Waals surface area contributed by atoms with Crippen LogP contribution in [-0.4, -0.2) is 45.8 Å². The molecule has 1 saturated heterocycles. The van der Waals surface area contributed by atoms with E-state index in [1.54, 1.807) is 33.9 Å². The third-order valence-corrected chi connectivity index (χ3v) is 5.63. The topological polar surface area (TPSA) is 64.4 Å². The maximum atomic E-state index is 12.9. The van der Waals surface area contributed by atoms with E-state index in [1.807, 2.05) is 47.8 Å². The third kappa shape index (κ3) is 3.71. The van der Waals surface area contributed by atoms with Crippen molar-refractivity contribution in [3.8, 4) is 16.3 Å². The van der Waals surface area contributed by atoms with Crippen molar-refractivity contribution in [2.75, 3.05) is 13.1 Å². The number of rotatable bonds is 5. The molecule has 1 fully saturated rings. The van der Waals surface area contributed by atoms with Crippen LogP contribution in [0.25, 0.3) is 16.3 Å². The number of hydrogen-bond donors (Lipinski definition) is 0. The van der Waals surface area contributed by atoms with Crippen molar-refractivity contribution in [1.29, 1.82) is 0 Å². The van der Waals surface area contributed by atoms with Crippen molar-refractivity contribution >= 4 is 23.2 Å². The lowest BCUT2D eigenvalue weighted by Gasteiger charge is -2.20. The number of hydrogen-bond acceptors (Lipinski definition) is 5. The molecule has 1 aliphatic rings. The van der Waals surface area contributed by atoms with E-state index in [9.17, 15) is 9.59 Å². The number of carbonyl (C=O) groups excluding carboxylic acids is 2. The molecule has 28 heavy (non-hydrogen) atoms. The Kier molecular flexibility index (Phi) is 5.25. The highest BCUT2D eigenvalue weighted by molar-refractivity contribution is 7.13. The first-order valence-corrected chi connectivity index (χ1v) is 10.2. The summed E-state index contributed by atoms with van der Waals surface area (Å²) in [6, 6.07) is 15.0. The fourth-order valence-electron chi connectivity index (χ4n) is 3.30. The van der Waals surface area contributed by atoms with Gasteiger partial charge in [-0.15, -0.1) is 11.3 Å². The van der Waals surface area contributed by atoms with Crippen LogP contribution in [0.5, 0.6) is 0 Å². The molecule has 1 atom stereocenters. The lowest BCUT2D eigenvalue weighted by Crippen LogP contribution is -2.38. The maximum Gasteiger partial charge on any atom is 0.357 e. The summed E-state index contributed by atoms with van der Waals surface area (Å²) in [6.45, 7) is 3.08. The van der Waals surface area contributed by atoms with Gasteiger partial charge in [0.1, 0.15) is 5.69 Å². The molecule has 0 aliphatic carbocycles. The van der Waals surface area contributed by atoms with E-state index in [0.717, 1.165) is 36.5 Å². The quantitative estimate of drug-likeness (QED) is 0.617. The summed E-state index contributed by atoms with van der Waals surface area (Å²) >= 11 is 1.55. The van der Waals surface area contributed by atoms with Crippen molar-refractivity contribution in [2.45, 2.75) is 25.9 Å². The SMILES string of the molecule is C[C@H](OC(=O)c1cc(-c2cccs2)nn1-c1ccccc1)C(=O)N1CCCC1. The van der Waals surface area contributed by atoms with Gasteiger partial charge in [-0.2, -0.15) is 5.10 Å². The highest BCUT2D eigenvalue weighted by Crippen LogP contribution is 2.26. The van der Waals surface area contributed by atoms with Gasteiger partial charge in [0.15, 0.2) is 11.8 Å². The Morgan fingerprint density at radius 3 is 2.54 bits per heavy atom. The second kappa shape index (κ2) is 7.98. The third-order valence-electron chi connectivity index (χ3n) is 4.74. The Labute approximate surface area is 167 Å². The molecule has 3 aromatic rings. The van der Waals surface area contributed by atoms with Gasteiger partial charge in [-0.05, 0) is 43.3 Å². The van der Waals surface area contributed by atoms with E-state index in [0.29, 0.717) is 11.4 Å². The summed E-state index contributed by atoms with van der Waals surface area (Å²) in [5.74, 6) is -0.700. The molecule has 2 aromatic heterocycles. The summed E-state index contributed by atoms with van der Waals surface area (Å²) in [7, 11) is 0.